The number of rotatable bonds is 52. The maximum absolute atomic E-state index is 12.9. The fourth-order valence-corrected chi connectivity index (χ4v) is 7.83. The molecule has 2 unspecified atom stereocenters. The number of quaternary nitrogens is 1. The number of allylic oxidation sites excluding steroid dienone is 12. The average Bonchev–Trinajstić information content (AvgIpc) is 3.33. The summed E-state index contributed by atoms with van der Waals surface area (Å²) < 4.78 is 22.7. The number of nitrogens with zero attached hydrogens (tertiary/aromatic N) is 1. The molecule has 0 rings (SSSR count). The van der Waals surface area contributed by atoms with Crippen LogP contribution in [0, 0.1) is 0 Å². The molecule has 0 saturated carbocycles. The van der Waals surface area contributed by atoms with Crippen molar-refractivity contribution >= 4 is 17.9 Å². The minimum absolute atomic E-state index is 0.144. The minimum atomic E-state index is -1.63. The molecule has 0 aromatic carbocycles. The zero-order valence-electron chi connectivity index (χ0n) is 45.9. The third-order valence-electron chi connectivity index (χ3n) is 12.2. The first-order chi connectivity index (χ1) is 34.1. The summed E-state index contributed by atoms with van der Waals surface area (Å²) in [6, 6.07) is 0. The SMILES string of the molecule is CC/C=C\C/C=C\C/C=C\C/C=C\C/C=C\C/C=C\CCCCCCCCCCC(=O)OC(COC(=O)CCCCCCCCCCCCCCCCCCCC)COC(OCC[N+](C)(C)C)C(=O)[O-]. The fourth-order valence-electron chi connectivity index (χ4n) is 7.83. The van der Waals surface area contributed by atoms with E-state index in [4.69, 9.17) is 18.9 Å². The molecule has 70 heavy (non-hydrogen) atoms. The number of hydrogen-bond donors (Lipinski definition) is 0. The van der Waals surface area contributed by atoms with Crippen molar-refractivity contribution in [2.24, 2.45) is 0 Å². The van der Waals surface area contributed by atoms with Gasteiger partial charge in [0.1, 0.15) is 13.2 Å². The number of carbonyl (C=O) groups is 3. The lowest BCUT2D eigenvalue weighted by Gasteiger charge is -2.26. The monoisotopic (exact) mass is 982 g/mol. The van der Waals surface area contributed by atoms with Gasteiger partial charge in [0.25, 0.3) is 0 Å². The topological polar surface area (TPSA) is 111 Å². The van der Waals surface area contributed by atoms with Gasteiger partial charge in [0.05, 0.1) is 40.3 Å². The first kappa shape index (κ1) is 66.7. The van der Waals surface area contributed by atoms with Crippen molar-refractivity contribution in [1.82, 2.24) is 0 Å². The van der Waals surface area contributed by atoms with Crippen molar-refractivity contribution in [3.63, 3.8) is 0 Å². The highest BCUT2D eigenvalue weighted by Gasteiger charge is 2.22. The highest BCUT2D eigenvalue weighted by molar-refractivity contribution is 5.70. The quantitative estimate of drug-likeness (QED) is 0.0195. The van der Waals surface area contributed by atoms with Crippen LogP contribution in [0.15, 0.2) is 72.9 Å². The van der Waals surface area contributed by atoms with Crippen molar-refractivity contribution in [2.75, 3.05) is 47.5 Å². The van der Waals surface area contributed by atoms with Crippen LogP contribution in [0.2, 0.25) is 0 Å². The van der Waals surface area contributed by atoms with E-state index in [9.17, 15) is 19.5 Å². The fraction of sp³-hybridized carbons (Fsp3) is 0.754. The maximum Gasteiger partial charge on any atom is 0.306 e. The Kier molecular flexibility index (Phi) is 49.6. The smallest absolute Gasteiger partial charge is 0.306 e. The Bertz CT molecular complexity index is 1380. The van der Waals surface area contributed by atoms with Crippen LogP contribution in [0.25, 0.3) is 0 Å². The van der Waals surface area contributed by atoms with E-state index in [-0.39, 0.29) is 32.2 Å². The molecule has 0 aliphatic heterocycles. The van der Waals surface area contributed by atoms with Crippen LogP contribution >= 0.6 is 0 Å². The Morgan fingerprint density at radius 3 is 1.21 bits per heavy atom. The van der Waals surface area contributed by atoms with Gasteiger partial charge in [-0.15, -0.1) is 0 Å². The molecule has 0 aromatic heterocycles. The highest BCUT2D eigenvalue weighted by atomic mass is 16.7. The molecule has 0 fully saturated rings. The lowest BCUT2D eigenvalue weighted by atomic mass is 10.0. The van der Waals surface area contributed by atoms with Crippen LogP contribution in [-0.4, -0.2) is 82.3 Å². The highest BCUT2D eigenvalue weighted by Crippen LogP contribution is 2.16. The van der Waals surface area contributed by atoms with Crippen molar-refractivity contribution in [3.8, 4) is 0 Å². The van der Waals surface area contributed by atoms with E-state index < -0.39 is 24.3 Å². The van der Waals surface area contributed by atoms with Gasteiger partial charge >= 0.3 is 11.9 Å². The van der Waals surface area contributed by atoms with Gasteiger partial charge in [-0.1, -0.05) is 234 Å². The number of ether oxygens (including phenoxy) is 4. The standard InChI is InChI=1S/C61H107NO8/c1-6-8-10-12-14-16-18-20-22-24-26-27-28-29-30-31-32-33-34-36-38-40-42-44-46-48-50-52-59(64)70-57(56-69-61(60(65)66)67-54-53-62(3,4)5)55-68-58(63)51-49-47-45-43-41-39-37-35-25-23-21-19-17-15-13-11-9-7-2/h8,10,14,16,20,22,26-27,29-30,32-33,57,61H,6-7,9,11-13,15,17-19,21,23-25,28,31,34-56H2,1-5H3/b10-8-,16-14-,22-20-,27-26-,30-29-,33-32-. The largest absolute Gasteiger partial charge is 0.545 e. The molecule has 2 atom stereocenters. The van der Waals surface area contributed by atoms with Gasteiger partial charge in [0, 0.05) is 12.8 Å². The van der Waals surface area contributed by atoms with Crippen molar-refractivity contribution in [3.05, 3.63) is 72.9 Å². The normalized spacial score (nSPS) is 13.3. The van der Waals surface area contributed by atoms with Crippen molar-refractivity contribution in [2.45, 2.75) is 251 Å². The molecule has 0 heterocycles. The Labute approximate surface area is 430 Å². The molecule has 9 nitrogen and oxygen atoms in total. The summed E-state index contributed by atoms with van der Waals surface area (Å²) >= 11 is 0. The molecule has 9 heteroatoms. The van der Waals surface area contributed by atoms with Gasteiger partial charge in [-0.05, 0) is 64.2 Å². The molecule has 0 aliphatic carbocycles. The lowest BCUT2D eigenvalue weighted by molar-refractivity contribution is -0.870. The van der Waals surface area contributed by atoms with Crippen molar-refractivity contribution in [1.29, 1.82) is 0 Å². The Balaban J connectivity index is 4.28. The first-order valence-corrected chi connectivity index (χ1v) is 28.6. The summed E-state index contributed by atoms with van der Waals surface area (Å²) in [5.41, 5.74) is 0. The van der Waals surface area contributed by atoms with Crippen LogP contribution in [0.1, 0.15) is 239 Å². The van der Waals surface area contributed by atoms with E-state index in [2.05, 4.69) is 86.8 Å². The summed E-state index contributed by atoms with van der Waals surface area (Å²) in [5, 5.41) is 11.8. The predicted octanol–water partition coefficient (Wildman–Crippen LogP) is 15.3. The molecule has 0 bridgehead atoms. The third-order valence-corrected chi connectivity index (χ3v) is 12.2. The number of likely N-dealkylation sites (N-methyl/N-ethyl adjacent to an activating group) is 1. The molecular formula is C61H107NO8. The summed E-state index contributed by atoms with van der Waals surface area (Å²) in [5.74, 6) is -2.29. The van der Waals surface area contributed by atoms with E-state index in [0.717, 1.165) is 83.5 Å². The van der Waals surface area contributed by atoms with Crippen LogP contribution < -0.4 is 5.11 Å². The zero-order chi connectivity index (χ0) is 51.3. The Morgan fingerprint density at radius 1 is 0.443 bits per heavy atom. The zero-order valence-corrected chi connectivity index (χ0v) is 45.9. The number of carboxylic acids is 1. The van der Waals surface area contributed by atoms with Gasteiger partial charge in [-0.2, -0.15) is 0 Å². The molecular weight excluding hydrogens is 875 g/mol. The molecule has 0 aliphatic rings. The molecule has 0 radical (unpaired) electrons. The van der Waals surface area contributed by atoms with E-state index in [1.165, 1.54) is 122 Å². The second-order valence-electron chi connectivity index (χ2n) is 20.2. The average molecular weight is 983 g/mol. The molecule has 0 aromatic rings. The summed E-state index contributed by atoms with van der Waals surface area (Å²) in [7, 11) is 5.92. The van der Waals surface area contributed by atoms with Crippen LogP contribution in [0.4, 0.5) is 0 Å². The van der Waals surface area contributed by atoms with Crippen LogP contribution in [0.5, 0.6) is 0 Å². The molecule has 0 saturated heterocycles. The number of carboxylic acid groups (broad SMARTS) is 1. The van der Waals surface area contributed by atoms with Crippen molar-refractivity contribution < 1.29 is 42.9 Å². The first-order valence-electron chi connectivity index (χ1n) is 28.6. The molecule has 0 N–H and O–H groups in total. The van der Waals surface area contributed by atoms with Crippen LogP contribution in [0.3, 0.4) is 0 Å². The van der Waals surface area contributed by atoms with Gasteiger partial charge in [0.15, 0.2) is 12.4 Å². The van der Waals surface area contributed by atoms with E-state index in [0.29, 0.717) is 23.9 Å². The van der Waals surface area contributed by atoms with Gasteiger partial charge < -0.3 is 33.3 Å². The van der Waals surface area contributed by atoms with E-state index in [1.807, 2.05) is 21.1 Å². The van der Waals surface area contributed by atoms with E-state index >= 15 is 0 Å². The van der Waals surface area contributed by atoms with Gasteiger partial charge in [0.2, 0.25) is 0 Å². The van der Waals surface area contributed by atoms with Gasteiger partial charge in [-0.3, -0.25) is 9.59 Å². The lowest BCUT2D eigenvalue weighted by Crippen LogP contribution is -2.44. The van der Waals surface area contributed by atoms with E-state index in [1.54, 1.807) is 0 Å². The number of hydrogen-bond acceptors (Lipinski definition) is 8. The Hall–Kier alpha value is -3.27. The number of unbranched alkanes of at least 4 members (excludes halogenated alkanes) is 25. The summed E-state index contributed by atoms with van der Waals surface area (Å²) in [4.78, 5) is 37.3. The minimum Gasteiger partial charge on any atom is -0.545 e. The third kappa shape index (κ3) is 52.6. The number of esters is 2. The van der Waals surface area contributed by atoms with Gasteiger partial charge in [-0.25, -0.2) is 0 Å². The number of aliphatic carboxylic acids is 1. The number of carbonyl (C=O) groups excluding carboxylic acids is 3. The molecule has 0 spiro atoms. The second kappa shape index (κ2) is 52.1. The Morgan fingerprint density at radius 2 is 0.814 bits per heavy atom. The summed E-state index contributed by atoms with van der Waals surface area (Å²) in [6.07, 6.45) is 63.7. The van der Waals surface area contributed by atoms with Crippen LogP contribution in [-0.2, 0) is 33.3 Å². The maximum atomic E-state index is 12.9. The molecule has 404 valence electrons. The molecule has 0 amide bonds. The second-order valence-corrected chi connectivity index (χ2v) is 20.2. The predicted molar refractivity (Wildman–Crippen MR) is 292 cm³/mol. The summed E-state index contributed by atoms with van der Waals surface area (Å²) in [6.45, 7) is 4.64.